The summed E-state index contributed by atoms with van der Waals surface area (Å²) in [6.07, 6.45) is 5.13. The van der Waals surface area contributed by atoms with E-state index < -0.39 is 0 Å². The third kappa shape index (κ3) is 4.53. The molecule has 8 heteroatoms. The second kappa shape index (κ2) is 9.96. The van der Waals surface area contributed by atoms with E-state index in [1.165, 1.54) is 11.8 Å². The van der Waals surface area contributed by atoms with Crippen molar-refractivity contribution in [2.45, 2.75) is 13.0 Å². The minimum Gasteiger partial charge on any atom is -0.378 e. The highest BCUT2D eigenvalue weighted by Gasteiger charge is 2.34. The molecular weight excluding hydrogens is 480 g/mol. The van der Waals surface area contributed by atoms with Gasteiger partial charge in [-0.2, -0.15) is 0 Å². The van der Waals surface area contributed by atoms with E-state index >= 15 is 0 Å². The maximum absolute atomic E-state index is 13.0. The number of anilines is 1. The standard InChI is InChI=1S/C30H28N4O4/c1-20(35)34-27-5-3-2-4-25(27)30(37)28(34)17-23-9-8-22-16-21(6-10-26(22)31-23)7-11-29(36)33-14-12-32(13-15-33)24-18-38-19-24/h2-11,16-17,24H,12-15,18-19H2,1H3/b11-7+,28-17?. The van der Waals surface area contributed by atoms with E-state index in [4.69, 9.17) is 9.72 Å². The van der Waals surface area contributed by atoms with Crippen molar-refractivity contribution in [2.75, 3.05) is 44.3 Å². The minimum atomic E-state index is -0.226. The highest BCUT2D eigenvalue weighted by Crippen LogP contribution is 2.35. The number of hydrogen-bond donors (Lipinski definition) is 0. The molecule has 2 saturated heterocycles. The van der Waals surface area contributed by atoms with E-state index in [2.05, 4.69) is 4.90 Å². The lowest BCUT2D eigenvalue weighted by atomic mass is 10.1. The van der Waals surface area contributed by atoms with Gasteiger partial charge in [0.05, 0.1) is 41.9 Å². The van der Waals surface area contributed by atoms with Gasteiger partial charge >= 0.3 is 0 Å². The number of Topliss-reactive ketones (excluding diaryl/α,β-unsaturated/α-hetero) is 1. The summed E-state index contributed by atoms with van der Waals surface area (Å²) < 4.78 is 5.28. The Morgan fingerprint density at radius 3 is 2.53 bits per heavy atom. The van der Waals surface area contributed by atoms with Crippen molar-refractivity contribution in [2.24, 2.45) is 0 Å². The first-order chi connectivity index (χ1) is 18.5. The van der Waals surface area contributed by atoms with Crippen LogP contribution in [0.25, 0.3) is 23.1 Å². The van der Waals surface area contributed by atoms with Gasteiger partial charge in [0, 0.05) is 50.1 Å². The second-order valence-corrected chi connectivity index (χ2v) is 9.80. The number of hydrogen-bond acceptors (Lipinski definition) is 6. The fourth-order valence-electron chi connectivity index (χ4n) is 5.20. The van der Waals surface area contributed by atoms with Crippen LogP contribution in [0.3, 0.4) is 0 Å². The molecule has 3 aliphatic rings. The number of ether oxygens (including phenoxy) is 1. The molecule has 0 spiro atoms. The van der Waals surface area contributed by atoms with Crippen LogP contribution in [0.15, 0.2) is 66.4 Å². The summed E-state index contributed by atoms with van der Waals surface area (Å²) in [6, 6.07) is 17.2. The predicted octanol–water partition coefficient (Wildman–Crippen LogP) is 3.38. The Labute approximate surface area is 220 Å². The first-order valence-electron chi connectivity index (χ1n) is 12.8. The number of carbonyl (C=O) groups excluding carboxylic acids is 3. The Bertz CT molecular complexity index is 1500. The highest BCUT2D eigenvalue weighted by atomic mass is 16.5. The van der Waals surface area contributed by atoms with E-state index in [9.17, 15) is 14.4 Å². The molecule has 2 amide bonds. The summed E-state index contributed by atoms with van der Waals surface area (Å²) >= 11 is 0. The summed E-state index contributed by atoms with van der Waals surface area (Å²) in [6.45, 7) is 6.27. The molecule has 1 aromatic heterocycles. The van der Waals surface area contributed by atoms with E-state index in [1.807, 2.05) is 47.4 Å². The maximum Gasteiger partial charge on any atom is 0.246 e. The lowest BCUT2D eigenvalue weighted by Crippen LogP contribution is -2.57. The van der Waals surface area contributed by atoms with Crippen LogP contribution < -0.4 is 4.90 Å². The molecular formula is C30H28N4O4. The molecule has 38 heavy (non-hydrogen) atoms. The molecule has 2 fully saturated rings. The SMILES string of the molecule is CC(=O)N1C(=Cc2ccc3cc(/C=C/C(=O)N4CCN(C5COC5)CC4)ccc3n2)C(=O)c2ccccc21. The van der Waals surface area contributed by atoms with Crippen LogP contribution in [-0.2, 0) is 14.3 Å². The number of ketones is 1. The van der Waals surface area contributed by atoms with Gasteiger partial charge in [0.1, 0.15) is 0 Å². The number of benzene rings is 2. The number of aromatic nitrogens is 1. The van der Waals surface area contributed by atoms with Crippen molar-refractivity contribution in [1.29, 1.82) is 0 Å². The van der Waals surface area contributed by atoms with Crippen LogP contribution in [0.2, 0.25) is 0 Å². The lowest BCUT2D eigenvalue weighted by molar-refractivity contribution is -0.130. The average Bonchev–Trinajstić information content (AvgIpc) is 3.18. The van der Waals surface area contributed by atoms with Gasteiger partial charge in [-0.3, -0.25) is 24.2 Å². The van der Waals surface area contributed by atoms with Gasteiger partial charge in [-0.05, 0) is 48.0 Å². The van der Waals surface area contributed by atoms with Crippen molar-refractivity contribution in [1.82, 2.24) is 14.8 Å². The smallest absolute Gasteiger partial charge is 0.246 e. The van der Waals surface area contributed by atoms with Crippen LogP contribution in [0.1, 0.15) is 28.5 Å². The summed E-state index contributed by atoms with van der Waals surface area (Å²) in [5, 5.41) is 0.919. The number of pyridine rings is 1. The van der Waals surface area contributed by atoms with E-state index in [0.29, 0.717) is 28.7 Å². The summed E-state index contributed by atoms with van der Waals surface area (Å²) in [7, 11) is 0. The number of piperazine rings is 1. The molecule has 2 aromatic carbocycles. The van der Waals surface area contributed by atoms with Crippen molar-refractivity contribution in [3.8, 4) is 0 Å². The van der Waals surface area contributed by atoms with E-state index in [0.717, 1.165) is 55.9 Å². The number of rotatable bonds is 4. The first kappa shape index (κ1) is 24.2. The minimum absolute atomic E-state index is 0.0203. The van der Waals surface area contributed by atoms with Gasteiger partial charge in [-0.1, -0.05) is 24.3 Å². The Morgan fingerprint density at radius 1 is 1.00 bits per heavy atom. The van der Waals surface area contributed by atoms with Crippen LogP contribution in [0.5, 0.6) is 0 Å². The number of nitrogens with zero attached hydrogens (tertiary/aromatic N) is 4. The largest absolute Gasteiger partial charge is 0.378 e. The third-order valence-corrected chi connectivity index (χ3v) is 7.38. The number of amides is 2. The van der Waals surface area contributed by atoms with E-state index in [-0.39, 0.29) is 17.6 Å². The van der Waals surface area contributed by atoms with Gasteiger partial charge in [-0.15, -0.1) is 0 Å². The average molecular weight is 509 g/mol. The third-order valence-electron chi connectivity index (χ3n) is 7.38. The Hall–Kier alpha value is -4.14. The van der Waals surface area contributed by atoms with Crippen molar-refractivity contribution in [3.63, 3.8) is 0 Å². The molecule has 3 aromatic rings. The van der Waals surface area contributed by atoms with Gasteiger partial charge in [0.15, 0.2) is 0 Å². The van der Waals surface area contributed by atoms with Gasteiger partial charge < -0.3 is 9.64 Å². The van der Waals surface area contributed by atoms with Crippen molar-refractivity contribution in [3.05, 3.63) is 83.2 Å². The molecule has 4 heterocycles. The molecule has 0 unspecified atom stereocenters. The highest BCUT2D eigenvalue weighted by molar-refractivity contribution is 6.26. The van der Waals surface area contributed by atoms with Gasteiger partial charge in [-0.25, -0.2) is 4.98 Å². The summed E-state index contributed by atoms with van der Waals surface area (Å²) in [4.78, 5) is 48.5. The second-order valence-electron chi connectivity index (χ2n) is 9.80. The molecule has 0 aliphatic carbocycles. The molecule has 192 valence electrons. The number of para-hydroxylation sites is 1. The Balaban J connectivity index is 1.16. The Morgan fingerprint density at radius 2 is 1.79 bits per heavy atom. The number of carbonyl (C=O) groups is 3. The molecule has 0 atom stereocenters. The zero-order chi connectivity index (χ0) is 26.2. The summed E-state index contributed by atoms with van der Waals surface area (Å²) in [5.41, 5.74) is 3.66. The number of allylic oxidation sites excluding steroid dienone is 1. The molecule has 0 N–H and O–H groups in total. The predicted molar refractivity (Wildman–Crippen MR) is 145 cm³/mol. The Kier molecular flexibility index (Phi) is 6.35. The molecule has 0 bridgehead atoms. The topological polar surface area (TPSA) is 83.1 Å². The molecule has 3 aliphatic heterocycles. The quantitative estimate of drug-likeness (QED) is 0.503. The maximum atomic E-state index is 13.0. The fourth-order valence-corrected chi connectivity index (χ4v) is 5.20. The van der Waals surface area contributed by atoms with Crippen LogP contribution in [-0.4, -0.2) is 77.8 Å². The first-order valence-corrected chi connectivity index (χ1v) is 12.8. The van der Waals surface area contributed by atoms with Crippen LogP contribution in [0.4, 0.5) is 5.69 Å². The van der Waals surface area contributed by atoms with Crippen LogP contribution >= 0.6 is 0 Å². The van der Waals surface area contributed by atoms with Crippen molar-refractivity contribution < 1.29 is 19.1 Å². The monoisotopic (exact) mass is 508 g/mol. The molecule has 0 radical (unpaired) electrons. The summed E-state index contributed by atoms with van der Waals surface area (Å²) in [5.74, 6) is -0.399. The zero-order valence-corrected chi connectivity index (χ0v) is 21.2. The zero-order valence-electron chi connectivity index (χ0n) is 21.2. The molecule has 8 nitrogen and oxygen atoms in total. The van der Waals surface area contributed by atoms with Gasteiger partial charge in [0.25, 0.3) is 0 Å². The van der Waals surface area contributed by atoms with E-state index in [1.54, 1.807) is 30.4 Å². The molecule has 6 rings (SSSR count). The van der Waals surface area contributed by atoms with Crippen molar-refractivity contribution >= 4 is 46.3 Å². The number of fused-ring (bicyclic) bond motifs is 2. The van der Waals surface area contributed by atoms with Crippen LogP contribution in [0, 0.1) is 0 Å². The fraction of sp³-hybridized carbons (Fsp3) is 0.267. The lowest BCUT2D eigenvalue weighted by Gasteiger charge is -2.42. The molecule has 0 saturated carbocycles. The van der Waals surface area contributed by atoms with Gasteiger partial charge in [0.2, 0.25) is 17.6 Å². The normalized spacial score (nSPS) is 19.4.